The lowest BCUT2D eigenvalue weighted by molar-refractivity contribution is 0.592. The Hall–Kier alpha value is -2.37. The molecule has 0 fully saturated rings. The number of nitrogens with zero attached hydrogens (tertiary/aromatic N) is 5. The van der Waals surface area contributed by atoms with E-state index in [4.69, 9.17) is 5.73 Å². The largest absolute Gasteiger partial charge is 0.381 e. The monoisotopic (exact) mass is 270 g/mol. The number of nitrogen functional groups attached to an aromatic ring is 1. The minimum Gasteiger partial charge on any atom is -0.381 e. The third-order valence-corrected chi connectivity index (χ3v) is 3.31. The van der Waals surface area contributed by atoms with Crippen LogP contribution in [0.5, 0.6) is 0 Å². The summed E-state index contributed by atoms with van der Waals surface area (Å²) in [5.74, 6) is 0.781. The molecule has 20 heavy (non-hydrogen) atoms. The van der Waals surface area contributed by atoms with Gasteiger partial charge in [-0.3, -0.25) is 0 Å². The van der Waals surface area contributed by atoms with E-state index in [1.54, 1.807) is 0 Å². The van der Waals surface area contributed by atoms with Crippen molar-refractivity contribution in [2.45, 2.75) is 33.2 Å². The Labute approximate surface area is 117 Å². The van der Waals surface area contributed by atoms with E-state index in [0.29, 0.717) is 12.4 Å². The molecule has 0 radical (unpaired) electrons. The number of rotatable bonds is 3. The lowest BCUT2D eigenvalue weighted by Crippen LogP contribution is -2.09. The highest BCUT2D eigenvalue weighted by atomic mass is 15.4. The predicted molar refractivity (Wildman–Crippen MR) is 77.6 cm³/mol. The molecule has 6 heteroatoms. The maximum absolute atomic E-state index is 5.87. The Morgan fingerprint density at radius 1 is 1.25 bits per heavy atom. The second-order valence-electron chi connectivity index (χ2n) is 5.38. The Balaban J connectivity index is 1.97. The summed E-state index contributed by atoms with van der Waals surface area (Å²) in [6, 6.07) is 4.07. The number of hydrogen-bond acceptors (Lipinski definition) is 4. The van der Waals surface area contributed by atoms with Crippen molar-refractivity contribution in [3.63, 3.8) is 0 Å². The highest BCUT2D eigenvalue weighted by Crippen LogP contribution is 2.20. The van der Waals surface area contributed by atoms with E-state index in [1.165, 1.54) is 5.56 Å². The molecule has 6 nitrogen and oxygen atoms in total. The molecule has 2 N–H and O–H groups in total. The average molecular weight is 270 g/mol. The zero-order valence-electron chi connectivity index (χ0n) is 11.9. The van der Waals surface area contributed by atoms with Crippen LogP contribution in [-0.4, -0.2) is 24.4 Å². The molecule has 104 valence electrons. The quantitative estimate of drug-likeness (QED) is 0.789. The fraction of sp³-hybridized carbons (Fsp3) is 0.357. The van der Waals surface area contributed by atoms with Crippen LogP contribution in [0.15, 0.2) is 24.5 Å². The van der Waals surface area contributed by atoms with Crippen molar-refractivity contribution in [3.05, 3.63) is 41.5 Å². The van der Waals surface area contributed by atoms with Crippen LogP contribution in [0.25, 0.3) is 5.65 Å². The number of aryl methyl sites for hydroxylation is 1. The summed E-state index contributed by atoms with van der Waals surface area (Å²) in [6.45, 7) is 6.81. The lowest BCUT2D eigenvalue weighted by Gasteiger charge is -2.07. The number of fused-ring (bicyclic) bond motifs is 1. The van der Waals surface area contributed by atoms with Crippen LogP contribution in [0.1, 0.15) is 36.7 Å². The first-order valence-corrected chi connectivity index (χ1v) is 6.67. The minimum atomic E-state index is 0.282. The lowest BCUT2D eigenvalue weighted by atomic mass is 10.1. The first-order valence-electron chi connectivity index (χ1n) is 6.67. The van der Waals surface area contributed by atoms with Gasteiger partial charge in [0.1, 0.15) is 5.65 Å². The number of nitrogens with two attached hydrogens (primary N) is 1. The van der Waals surface area contributed by atoms with Gasteiger partial charge < -0.3 is 10.1 Å². The van der Waals surface area contributed by atoms with Crippen LogP contribution < -0.4 is 5.73 Å². The number of anilines is 1. The van der Waals surface area contributed by atoms with E-state index < -0.39 is 0 Å². The van der Waals surface area contributed by atoms with Crippen molar-refractivity contribution in [1.29, 1.82) is 0 Å². The average Bonchev–Trinajstić information content (AvgIpc) is 2.92. The third-order valence-electron chi connectivity index (χ3n) is 3.31. The van der Waals surface area contributed by atoms with E-state index in [1.807, 2.05) is 21.3 Å². The Morgan fingerprint density at radius 3 is 2.80 bits per heavy atom. The van der Waals surface area contributed by atoms with Gasteiger partial charge in [-0.15, -0.1) is 5.10 Å². The molecule has 0 aliphatic rings. The molecule has 0 aliphatic heterocycles. The first-order chi connectivity index (χ1) is 9.54. The van der Waals surface area contributed by atoms with Gasteiger partial charge in [-0.1, -0.05) is 25.1 Å². The summed E-state index contributed by atoms with van der Waals surface area (Å²) in [4.78, 5) is 4.59. The van der Waals surface area contributed by atoms with E-state index in [9.17, 15) is 0 Å². The molecular formula is C14H18N6. The SMILES string of the molecule is Cc1ccc2nc(Cn3nnc(N)c3C(C)C)cn2c1. The molecule has 3 heterocycles. The summed E-state index contributed by atoms with van der Waals surface area (Å²) < 4.78 is 3.86. The summed E-state index contributed by atoms with van der Waals surface area (Å²) in [6.07, 6.45) is 4.08. The highest BCUT2D eigenvalue weighted by molar-refractivity contribution is 5.41. The number of aromatic nitrogens is 5. The third kappa shape index (κ3) is 2.13. The maximum atomic E-state index is 5.87. The number of imidazole rings is 1. The van der Waals surface area contributed by atoms with Gasteiger partial charge in [0.15, 0.2) is 5.82 Å². The van der Waals surface area contributed by atoms with Crippen LogP contribution in [0.3, 0.4) is 0 Å². The topological polar surface area (TPSA) is 74.0 Å². The number of hydrogen-bond donors (Lipinski definition) is 1. The molecule has 0 aliphatic carbocycles. The first kappa shape index (κ1) is 12.7. The smallest absolute Gasteiger partial charge is 0.169 e. The van der Waals surface area contributed by atoms with E-state index >= 15 is 0 Å². The van der Waals surface area contributed by atoms with Gasteiger partial charge >= 0.3 is 0 Å². The van der Waals surface area contributed by atoms with Crippen molar-refractivity contribution in [2.24, 2.45) is 0 Å². The van der Waals surface area contributed by atoms with Crippen LogP contribution in [0, 0.1) is 6.92 Å². The number of pyridine rings is 1. The molecule has 3 rings (SSSR count). The van der Waals surface area contributed by atoms with E-state index in [0.717, 1.165) is 17.0 Å². The molecular weight excluding hydrogens is 252 g/mol. The van der Waals surface area contributed by atoms with Gasteiger partial charge in [-0.25, -0.2) is 9.67 Å². The van der Waals surface area contributed by atoms with Crippen LogP contribution in [0.4, 0.5) is 5.82 Å². The van der Waals surface area contributed by atoms with Crippen molar-refractivity contribution < 1.29 is 0 Å². The fourth-order valence-corrected chi connectivity index (χ4v) is 2.43. The van der Waals surface area contributed by atoms with Gasteiger partial charge in [0, 0.05) is 12.4 Å². The van der Waals surface area contributed by atoms with E-state index in [-0.39, 0.29) is 5.92 Å². The predicted octanol–water partition coefficient (Wildman–Crippen LogP) is 1.99. The van der Waals surface area contributed by atoms with Crippen molar-refractivity contribution >= 4 is 11.5 Å². The Morgan fingerprint density at radius 2 is 2.05 bits per heavy atom. The van der Waals surface area contributed by atoms with Crippen LogP contribution >= 0.6 is 0 Å². The normalized spacial score (nSPS) is 11.6. The summed E-state index contributed by atoms with van der Waals surface area (Å²) in [5.41, 5.74) is 9.91. The molecule has 3 aromatic heterocycles. The summed E-state index contributed by atoms with van der Waals surface area (Å²) in [7, 11) is 0. The molecule has 0 bridgehead atoms. The van der Waals surface area contributed by atoms with Gasteiger partial charge in [0.25, 0.3) is 0 Å². The molecule has 3 aromatic rings. The van der Waals surface area contributed by atoms with Crippen LogP contribution in [0.2, 0.25) is 0 Å². The standard InChI is InChI=1S/C14H18N6/c1-9(2)13-14(15)17-18-20(13)8-11-7-19-6-10(3)4-5-12(19)16-11/h4-7,9H,8,15H2,1-3H3. The zero-order valence-corrected chi connectivity index (χ0v) is 11.9. The zero-order chi connectivity index (χ0) is 14.3. The second-order valence-corrected chi connectivity index (χ2v) is 5.38. The van der Waals surface area contributed by atoms with Gasteiger partial charge in [-0.2, -0.15) is 0 Å². The maximum Gasteiger partial charge on any atom is 0.169 e. The van der Waals surface area contributed by atoms with Gasteiger partial charge in [0.05, 0.1) is 17.9 Å². The van der Waals surface area contributed by atoms with Crippen molar-refractivity contribution in [1.82, 2.24) is 24.4 Å². The molecule has 0 saturated heterocycles. The molecule has 0 atom stereocenters. The fourth-order valence-electron chi connectivity index (χ4n) is 2.43. The second kappa shape index (κ2) is 4.63. The molecule has 0 aromatic carbocycles. The Kier molecular flexibility index (Phi) is 2.93. The molecule has 0 saturated carbocycles. The van der Waals surface area contributed by atoms with Gasteiger partial charge in [-0.05, 0) is 24.5 Å². The minimum absolute atomic E-state index is 0.282. The van der Waals surface area contributed by atoms with Crippen molar-refractivity contribution in [2.75, 3.05) is 5.73 Å². The van der Waals surface area contributed by atoms with Crippen molar-refractivity contribution in [3.8, 4) is 0 Å². The van der Waals surface area contributed by atoms with Gasteiger partial charge in [0.2, 0.25) is 0 Å². The van der Waals surface area contributed by atoms with Crippen LogP contribution in [-0.2, 0) is 6.54 Å². The van der Waals surface area contributed by atoms with E-state index in [2.05, 4.69) is 48.3 Å². The molecule has 0 amide bonds. The summed E-state index contributed by atoms with van der Waals surface area (Å²) in [5, 5.41) is 8.07. The Bertz CT molecular complexity index is 752. The highest BCUT2D eigenvalue weighted by Gasteiger charge is 2.15. The molecule has 0 spiro atoms. The summed E-state index contributed by atoms with van der Waals surface area (Å²) >= 11 is 0. The molecule has 0 unspecified atom stereocenters.